The Kier molecular flexibility index (Phi) is 16.8. The number of anilines is 6. The van der Waals surface area contributed by atoms with Gasteiger partial charge < -0.3 is 18.9 Å². The zero-order valence-electron chi connectivity index (χ0n) is 71.4. The Morgan fingerprint density at radius 1 is 0.239 bits per heavy atom. The Morgan fingerprint density at radius 3 is 1.05 bits per heavy atom. The smallest absolute Gasteiger partial charge is 0.252 e. The van der Waals surface area contributed by atoms with E-state index < -0.39 is 0 Å². The second-order valence-electron chi connectivity index (χ2n) is 40.3. The molecule has 4 heterocycles. The summed E-state index contributed by atoms with van der Waals surface area (Å²) in [6, 6.07) is 114. The third kappa shape index (κ3) is 12.3. The van der Waals surface area contributed by atoms with E-state index in [1.165, 1.54) is 162 Å². The van der Waals surface area contributed by atoms with Crippen LogP contribution in [0.4, 0.5) is 34.1 Å². The van der Waals surface area contributed by atoms with Crippen LogP contribution in [0, 0.1) is 0 Å². The predicted octanol–water partition coefficient (Wildman–Crippen LogP) is 28.9. The van der Waals surface area contributed by atoms with Crippen LogP contribution < -0.4 is 26.2 Å². The number of hydrogen-bond donors (Lipinski definition) is 0. The van der Waals surface area contributed by atoms with Gasteiger partial charge in [0.1, 0.15) is 0 Å². The first-order chi connectivity index (χ1) is 55.8. The van der Waals surface area contributed by atoms with Gasteiger partial charge in [-0.1, -0.05) is 306 Å². The van der Waals surface area contributed by atoms with Crippen molar-refractivity contribution in [2.24, 2.45) is 0 Å². The predicted molar refractivity (Wildman–Crippen MR) is 503 cm³/mol. The molecule has 0 atom stereocenters. The van der Waals surface area contributed by atoms with E-state index in [0.717, 1.165) is 63.7 Å². The molecule has 4 nitrogen and oxygen atoms in total. The fourth-order valence-electron chi connectivity index (χ4n) is 20.4. The zero-order chi connectivity index (χ0) is 80.9. The van der Waals surface area contributed by atoms with Crippen molar-refractivity contribution in [3.63, 3.8) is 0 Å². The van der Waals surface area contributed by atoms with Gasteiger partial charge in [0.05, 0.1) is 27.8 Å². The van der Waals surface area contributed by atoms with Gasteiger partial charge in [-0.2, -0.15) is 0 Å². The summed E-state index contributed by atoms with van der Waals surface area (Å²) in [6.45, 7) is 40.4. The van der Waals surface area contributed by atoms with Crippen molar-refractivity contribution in [2.45, 2.75) is 181 Å². The maximum absolute atomic E-state index is 2.67. The Morgan fingerprint density at radius 2 is 0.581 bits per heavy atom. The summed E-state index contributed by atoms with van der Waals surface area (Å²) in [5.41, 5.74) is 39.6. The van der Waals surface area contributed by atoms with Crippen molar-refractivity contribution in [2.75, 3.05) is 9.80 Å². The maximum Gasteiger partial charge on any atom is 0.252 e. The lowest BCUT2D eigenvalue weighted by molar-refractivity contribution is 0.332. The van der Waals surface area contributed by atoms with Crippen LogP contribution in [0.1, 0.15) is 182 Å². The van der Waals surface area contributed by atoms with Crippen LogP contribution >= 0.6 is 0 Å². The molecule has 4 aliphatic rings. The van der Waals surface area contributed by atoms with E-state index in [4.69, 9.17) is 0 Å². The van der Waals surface area contributed by atoms with Gasteiger partial charge in [0.25, 0.3) is 6.71 Å². The van der Waals surface area contributed by atoms with E-state index in [-0.39, 0.29) is 44.6 Å². The molecule has 20 rings (SSSR count). The molecule has 0 fully saturated rings. The fraction of sp³-hybridized carbons (Fsp3) is 0.250. The molecule has 14 aromatic carbocycles. The van der Waals surface area contributed by atoms with Crippen molar-refractivity contribution < 1.29 is 0 Å². The van der Waals surface area contributed by atoms with E-state index in [1.807, 2.05) is 0 Å². The molecule has 0 unspecified atom stereocenters. The van der Waals surface area contributed by atoms with E-state index in [9.17, 15) is 0 Å². The molecule has 2 aliphatic heterocycles. The molecule has 16 aromatic rings. The number of rotatable bonds is 9. The molecule has 0 bridgehead atoms. The Labute approximate surface area is 693 Å². The molecule has 0 amide bonds. The quantitative estimate of drug-likeness (QED) is 0.134. The van der Waals surface area contributed by atoms with Gasteiger partial charge in [0, 0.05) is 61.4 Å². The molecule has 0 saturated carbocycles. The first-order valence-electron chi connectivity index (χ1n) is 42.8. The van der Waals surface area contributed by atoms with Crippen LogP contribution in [-0.4, -0.2) is 15.8 Å². The summed E-state index contributed by atoms with van der Waals surface area (Å²) < 4.78 is 5.15. The largest absolute Gasteiger partial charge is 0.311 e. The molecular formula is C112H107BN4. The van der Waals surface area contributed by atoms with Gasteiger partial charge in [-0.15, -0.1) is 0 Å². The lowest BCUT2D eigenvalue weighted by Crippen LogP contribution is -2.61. The summed E-state index contributed by atoms with van der Waals surface area (Å²) in [5, 5.41) is 4.95. The van der Waals surface area contributed by atoms with E-state index in [2.05, 4.69) is 428 Å². The van der Waals surface area contributed by atoms with Crippen LogP contribution in [0.5, 0.6) is 0 Å². The topological polar surface area (TPSA) is 16.3 Å². The van der Waals surface area contributed by atoms with Crippen molar-refractivity contribution >= 4 is 101 Å². The second kappa shape index (κ2) is 26.4. The van der Waals surface area contributed by atoms with E-state index in [0.29, 0.717) is 0 Å². The number of hydrogen-bond acceptors (Lipinski definition) is 2. The first-order valence-corrected chi connectivity index (χ1v) is 42.8. The lowest BCUT2D eigenvalue weighted by atomic mass is 9.33. The van der Waals surface area contributed by atoms with Crippen molar-refractivity contribution in [1.82, 2.24) is 9.13 Å². The van der Waals surface area contributed by atoms with Crippen LogP contribution in [0.3, 0.4) is 0 Å². The molecule has 0 spiro atoms. The summed E-state index contributed by atoms with van der Waals surface area (Å²) in [5.74, 6) is 0. The van der Waals surface area contributed by atoms with Crippen molar-refractivity contribution in [3.8, 4) is 67.0 Å². The maximum atomic E-state index is 2.67. The molecule has 5 heteroatoms. The highest BCUT2D eigenvalue weighted by atomic mass is 15.2. The van der Waals surface area contributed by atoms with E-state index in [1.54, 1.807) is 0 Å². The molecule has 578 valence electrons. The Balaban J connectivity index is 0.882. The van der Waals surface area contributed by atoms with Gasteiger partial charge in [0.2, 0.25) is 0 Å². The molecule has 2 aromatic heterocycles. The number of aromatic nitrogens is 2. The summed E-state index contributed by atoms with van der Waals surface area (Å²) in [6.07, 6.45) is 4.68. The highest BCUT2D eigenvalue weighted by Crippen LogP contribution is 2.53. The van der Waals surface area contributed by atoms with Crippen LogP contribution in [0.15, 0.2) is 291 Å². The molecule has 117 heavy (non-hydrogen) atoms. The van der Waals surface area contributed by atoms with Crippen molar-refractivity contribution in [1.29, 1.82) is 0 Å². The minimum absolute atomic E-state index is 0.0498. The minimum atomic E-state index is -0.215. The highest BCUT2D eigenvalue weighted by molar-refractivity contribution is 7.00. The zero-order valence-corrected chi connectivity index (χ0v) is 71.4. The molecule has 2 aliphatic carbocycles. The molecule has 0 saturated heterocycles. The van der Waals surface area contributed by atoms with Crippen LogP contribution in [-0.2, 0) is 37.9 Å². The first kappa shape index (κ1) is 74.2. The van der Waals surface area contributed by atoms with Crippen LogP contribution in [0.2, 0.25) is 0 Å². The van der Waals surface area contributed by atoms with Crippen molar-refractivity contribution in [3.05, 3.63) is 330 Å². The standard InChI is InChI=1S/C112H107BN4/c1-106(2,3)80-30-24-29-74(59-80)79-39-52-101-96(64-79)113-95-49-46-85(116-97-50-37-75(70-25-20-18-21-26-70)60-87(97)88-61-76(38-51-98(88)116)71-27-22-19-23-28-71)67-102(95)115(84-44-33-73(34-45-84)78-36-48-92-94(63-78)112(16,17)58-56-110(92,12)13)104-69-86(117-99-53-40-81(107(4,5)6)65-89(99)90-66-82(108(7,8)9)41-54-100(90)117)68-103(105(104)113)114(101)83-42-31-72(32-43-83)77-35-47-91-93(62-77)111(14,15)57-55-109(91,10)11/h18-54,59-69H,55-58H2,1-17H3. The minimum Gasteiger partial charge on any atom is -0.311 e. The van der Waals surface area contributed by atoms with Gasteiger partial charge in [-0.05, 0) is 278 Å². The van der Waals surface area contributed by atoms with Gasteiger partial charge in [-0.3, -0.25) is 0 Å². The fourth-order valence-corrected chi connectivity index (χ4v) is 20.4. The molecule has 0 radical (unpaired) electrons. The van der Waals surface area contributed by atoms with E-state index >= 15 is 0 Å². The lowest BCUT2D eigenvalue weighted by Gasteiger charge is -2.44. The average molecular weight is 1520 g/mol. The second-order valence-corrected chi connectivity index (χ2v) is 40.3. The normalized spacial score (nSPS) is 15.8. The molecule has 0 N–H and O–H groups in total. The van der Waals surface area contributed by atoms with Gasteiger partial charge in [0.15, 0.2) is 0 Å². The van der Waals surface area contributed by atoms with Gasteiger partial charge in [-0.25, -0.2) is 0 Å². The van der Waals surface area contributed by atoms with Crippen LogP contribution in [0.25, 0.3) is 111 Å². The number of fused-ring (bicyclic) bond motifs is 12. The summed E-state index contributed by atoms with van der Waals surface area (Å²) >= 11 is 0. The van der Waals surface area contributed by atoms with Gasteiger partial charge >= 0.3 is 0 Å². The highest BCUT2D eigenvalue weighted by Gasteiger charge is 2.46. The third-order valence-electron chi connectivity index (χ3n) is 27.7. The summed E-state index contributed by atoms with van der Waals surface area (Å²) in [7, 11) is 0. The third-order valence-corrected chi connectivity index (χ3v) is 27.7. The summed E-state index contributed by atoms with van der Waals surface area (Å²) in [4.78, 5) is 5.31. The Hall–Kier alpha value is -11.7. The monoisotopic (exact) mass is 1520 g/mol. The Bertz CT molecular complexity index is 6570. The molecular weight excluding hydrogens is 1410 g/mol. The number of benzene rings is 14. The number of nitrogens with zero attached hydrogens (tertiary/aromatic N) is 4. The SMILES string of the molecule is CC(C)(C)c1cccc(-c2ccc3c(c2)B2c4ccc(-n5c6ccc(-c7ccccc7)cc6c6cc(-c7ccccc7)ccc65)cc4N(c4ccc(-c5ccc6c(c5)C(C)(C)CCC6(C)C)cc4)c4cc(-n5c6ccc(C(C)(C)C)cc6c6cc(C(C)(C)C)ccc65)cc(c42)N3c2ccc(-c3ccc4c(c3)C(C)(C)CCC4(C)C)cc2)c1. The average Bonchev–Trinajstić information content (AvgIpc) is 0.895.